The predicted molar refractivity (Wildman–Crippen MR) is 67.6 cm³/mol. The number of halogens is 1. The zero-order valence-electron chi connectivity index (χ0n) is 10.3. The van der Waals surface area contributed by atoms with Gasteiger partial charge in [-0.1, -0.05) is 13.0 Å². The van der Waals surface area contributed by atoms with Gasteiger partial charge in [0.15, 0.2) is 0 Å². The molecule has 1 unspecified atom stereocenters. The van der Waals surface area contributed by atoms with Crippen molar-refractivity contribution in [3.05, 3.63) is 29.6 Å². The van der Waals surface area contributed by atoms with Crippen LogP contribution in [0.2, 0.25) is 0 Å². The first kappa shape index (κ1) is 12.4. The van der Waals surface area contributed by atoms with Crippen LogP contribution in [0.4, 0.5) is 10.1 Å². The number of hydrogen-bond acceptors (Lipinski definition) is 2. The van der Waals surface area contributed by atoms with Crippen molar-refractivity contribution in [2.45, 2.75) is 32.8 Å². The molecule has 1 heterocycles. The van der Waals surface area contributed by atoms with Crippen LogP contribution in [0, 0.1) is 11.7 Å². The molecule has 0 aliphatic carbocycles. The topological polar surface area (TPSA) is 23.5 Å². The van der Waals surface area contributed by atoms with E-state index in [9.17, 15) is 4.39 Å². The zero-order valence-corrected chi connectivity index (χ0v) is 10.3. The fraction of sp³-hybridized carbons (Fsp3) is 0.571. The molecule has 3 heteroatoms. The lowest BCUT2D eigenvalue weighted by Gasteiger charge is -2.23. The van der Waals surface area contributed by atoms with Crippen LogP contribution in [0.1, 0.15) is 31.7 Å². The molecule has 0 aromatic heterocycles. The van der Waals surface area contributed by atoms with Crippen LogP contribution in [-0.2, 0) is 6.61 Å². The Morgan fingerprint density at radius 1 is 1.35 bits per heavy atom. The Hall–Kier alpha value is -1.09. The summed E-state index contributed by atoms with van der Waals surface area (Å²) in [6.07, 6.45) is 3.48. The van der Waals surface area contributed by atoms with Gasteiger partial charge in [-0.2, -0.15) is 0 Å². The van der Waals surface area contributed by atoms with Gasteiger partial charge in [0, 0.05) is 13.1 Å². The summed E-state index contributed by atoms with van der Waals surface area (Å²) in [7, 11) is 0. The summed E-state index contributed by atoms with van der Waals surface area (Å²) in [6.45, 7) is 4.01. The Bertz CT molecular complexity index is 380. The molecule has 0 saturated carbocycles. The van der Waals surface area contributed by atoms with Gasteiger partial charge in [0.25, 0.3) is 0 Å². The predicted octanol–water partition coefficient (Wildman–Crippen LogP) is 2.94. The Morgan fingerprint density at radius 3 is 2.88 bits per heavy atom. The minimum absolute atomic E-state index is 0.103. The average molecular weight is 237 g/mol. The molecular formula is C14H20FNO. The molecule has 0 bridgehead atoms. The van der Waals surface area contributed by atoms with Gasteiger partial charge >= 0.3 is 0 Å². The van der Waals surface area contributed by atoms with Gasteiger partial charge in [-0.05, 0) is 42.9 Å². The third-order valence-corrected chi connectivity index (χ3v) is 3.55. The summed E-state index contributed by atoms with van der Waals surface area (Å²) in [4.78, 5) is 2.12. The van der Waals surface area contributed by atoms with E-state index >= 15 is 0 Å². The van der Waals surface area contributed by atoms with Gasteiger partial charge in [-0.15, -0.1) is 0 Å². The highest BCUT2D eigenvalue weighted by Gasteiger charge is 2.16. The highest BCUT2D eigenvalue weighted by atomic mass is 19.1. The summed E-state index contributed by atoms with van der Waals surface area (Å²) in [5.41, 5.74) is 1.31. The quantitative estimate of drug-likeness (QED) is 0.855. The van der Waals surface area contributed by atoms with Gasteiger partial charge in [0.2, 0.25) is 0 Å². The molecule has 17 heavy (non-hydrogen) atoms. The molecule has 1 saturated heterocycles. The van der Waals surface area contributed by atoms with E-state index in [1.54, 1.807) is 12.1 Å². The fourth-order valence-corrected chi connectivity index (χ4v) is 2.41. The lowest BCUT2D eigenvalue weighted by Crippen LogP contribution is -2.25. The lowest BCUT2D eigenvalue weighted by molar-refractivity contribution is 0.281. The molecule has 1 atom stereocenters. The third kappa shape index (κ3) is 2.97. The number of anilines is 1. The Labute approximate surface area is 102 Å². The van der Waals surface area contributed by atoms with Gasteiger partial charge < -0.3 is 10.0 Å². The smallest absolute Gasteiger partial charge is 0.146 e. The molecule has 1 aromatic rings. The van der Waals surface area contributed by atoms with E-state index in [2.05, 4.69) is 11.8 Å². The minimum Gasteiger partial charge on any atom is -0.392 e. The molecule has 0 radical (unpaired) electrons. The summed E-state index contributed by atoms with van der Waals surface area (Å²) in [6, 6.07) is 5.02. The second kappa shape index (κ2) is 5.50. The minimum atomic E-state index is -0.217. The van der Waals surface area contributed by atoms with E-state index in [1.807, 2.05) is 0 Å². The van der Waals surface area contributed by atoms with Gasteiger partial charge in [-0.3, -0.25) is 0 Å². The van der Waals surface area contributed by atoms with Crippen molar-refractivity contribution >= 4 is 5.69 Å². The molecule has 0 spiro atoms. The van der Waals surface area contributed by atoms with Crippen LogP contribution in [0.15, 0.2) is 18.2 Å². The number of benzene rings is 1. The Balaban J connectivity index is 2.15. The molecule has 1 aliphatic rings. The molecule has 1 aliphatic heterocycles. The Morgan fingerprint density at radius 2 is 2.18 bits per heavy atom. The number of rotatable bonds is 2. The van der Waals surface area contributed by atoms with E-state index in [0.29, 0.717) is 11.3 Å². The zero-order chi connectivity index (χ0) is 12.3. The van der Waals surface area contributed by atoms with Crippen molar-refractivity contribution in [1.29, 1.82) is 0 Å². The first-order valence-electron chi connectivity index (χ1n) is 6.35. The maximum absolute atomic E-state index is 13.9. The highest BCUT2D eigenvalue weighted by molar-refractivity contribution is 5.49. The standard InChI is InChI=1S/C14H20FNO/c1-11-3-2-7-16(8-6-11)14-5-4-12(10-17)9-13(14)15/h4-5,9,11,17H,2-3,6-8,10H2,1H3. The largest absolute Gasteiger partial charge is 0.392 e. The first-order chi connectivity index (χ1) is 8.20. The summed E-state index contributed by atoms with van der Waals surface area (Å²) in [5.74, 6) is 0.519. The SMILES string of the molecule is CC1CCCN(c2ccc(CO)cc2F)CC1. The Kier molecular flexibility index (Phi) is 4.00. The lowest BCUT2D eigenvalue weighted by atomic mass is 10.0. The summed E-state index contributed by atoms with van der Waals surface area (Å²) in [5, 5.41) is 8.96. The van der Waals surface area contributed by atoms with Gasteiger partial charge in [0.1, 0.15) is 5.82 Å². The van der Waals surface area contributed by atoms with Crippen molar-refractivity contribution in [2.24, 2.45) is 5.92 Å². The van der Waals surface area contributed by atoms with Crippen molar-refractivity contribution in [2.75, 3.05) is 18.0 Å². The van der Waals surface area contributed by atoms with Gasteiger partial charge in [0.05, 0.1) is 12.3 Å². The second-order valence-electron chi connectivity index (χ2n) is 4.97. The molecule has 1 N–H and O–H groups in total. The molecule has 2 rings (SSSR count). The van der Waals surface area contributed by atoms with E-state index in [0.717, 1.165) is 31.8 Å². The van der Waals surface area contributed by atoms with Crippen LogP contribution < -0.4 is 4.90 Å². The average Bonchev–Trinajstić information content (AvgIpc) is 2.54. The van der Waals surface area contributed by atoms with Crippen molar-refractivity contribution < 1.29 is 9.50 Å². The number of nitrogens with zero attached hydrogens (tertiary/aromatic N) is 1. The molecule has 1 aromatic carbocycles. The summed E-state index contributed by atoms with van der Waals surface area (Å²) < 4.78 is 13.9. The van der Waals surface area contributed by atoms with Gasteiger partial charge in [-0.25, -0.2) is 4.39 Å². The van der Waals surface area contributed by atoms with Crippen molar-refractivity contribution in [3.63, 3.8) is 0 Å². The first-order valence-corrected chi connectivity index (χ1v) is 6.35. The molecule has 94 valence electrons. The maximum Gasteiger partial charge on any atom is 0.146 e. The van der Waals surface area contributed by atoms with Crippen LogP contribution in [0.5, 0.6) is 0 Å². The fourth-order valence-electron chi connectivity index (χ4n) is 2.41. The highest BCUT2D eigenvalue weighted by Crippen LogP contribution is 2.25. The molecular weight excluding hydrogens is 217 g/mol. The van der Waals surface area contributed by atoms with E-state index < -0.39 is 0 Å². The van der Waals surface area contributed by atoms with E-state index in [1.165, 1.54) is 12.5 Å². The maximum atomic E-state index is 13.9. The molecule has 0 amide bonds. The monoisotopic (exact) mass is 237 g/mol. The van der Waals surface area contributed by atoms with Crippen LogP contribution >= 0.6 is 0 Å². The van der Waals surface area contributed by atoms with Crippen molar-refractivity contribution in [3.8, 4) is 0 Å². The number of aliphatic hydroxyl groups excluding tert-OH is 1. The van der Waals surface area contributed by atoms with Crippen LogP contribution in [0.3, 0.4) is 0 Å². The van der Waals surface area contributed by atoms with Crippen LogP contribution in [-0.4, -0.2) is 18.2 Å². The van der Waals surface area contributed by atoms with Crippen LogP contribution in [0.25, 0.3) is 0 Å². The number of aliphatic hydroxyl groups is 1. The normalized spacial score (nSPS) is 21.4. The van der Waals surface area contributed by atoms with E-state index in [-0.39, 0.29) is 12.4 Å². The second-order valence-corrected chi connectivity index (χ2v) is 4.97. The summed E-state index contributed by atoms with van der Waals surface area (Å²) >= 11 is 0. The molecule has 2 nitrogen and oxygen atoms in total. The third-order valence-electron chi connectivity index (χ3n) is 3.55. The van der Waals surface area contributed by atoms with E-state index in [4.69, 9.17) is 5.11 Å². The number of hydrogen-bond donors (Lipinski definition) is 1. The van der Waals surface area contributed by atoms with Crippen molar-refractivity contribution in [1.82, 2.24) is 0 Å². The molecule has 1 fully saturated rings.